The number of hydrogen-bond donors (Lipinski definition) is 1. The second-order valence-electron chi connectivity index (χ2n) is 5.14. The van der Waals surface area contributed by atoms with E-state index in [1.807, 2.05) is 17.9 Å². The highest BCUT2D eigenvalue weighted by Crippen LogP contribution is 2.23. The second kappa shape index (κ2) is 7.54. The van der Waals surface area contributed by atoms with E-state index in [0.717, 1.165) is 30.0 Å². The third-order valence-electron chi connectivity index (χ3n) is 3.69. The summed E-state index contributed by atoms with van der Waals surface area (Å²) in [7, 11) is 0. The number of amides is 1. The maximum absolute atomic E-state index is 12.5. The van der Waals surface area contributed by atoms with Crippen LogP contribution in [-0.4, -0.2) is 54.5 Å². The largest absolute Gasteiger partial charge is 0.337 e. The number of carbonyl (C=O) groups is 1. The van der Waals surface area contributed by atoms with Crippen LogP contribution in [0.4, 0.5) is 0 Å². The summed E-state index contributed by atoms with van der Waals surface area (Å²) in [5, 5.41) is 3.35. The molecule has 1 atom stereocenters. The molecule has 1 aliphatic heterocycles. The van der Waals surface area contributed by atoms with Crippen molar-refractivity contribution in [2.45, 2.75) is 26.4 Å². The molecule has 112 valence electrons. The van der Waals surface area contributed by atoms with E-state index in [4.69, 9.17) is 0 Å². The Morgan fingerprint density at radius 3 is 3.00 bits per heavy atom. The van der Waals surface area contributed by atoms with E-state index in [-0.39, 0.29) is 5.91 Å². The molecule has 2 rings (SSSR count). The van der Waals surface area contributed by atoms with Gasteiger partial charge in [0.15, 0.2) is 0 Å². The van der Waals surface area contributed by atoms with Gasteiger partial charge in [-0.3, -0.25) is 9.69 Å². The van der Waals surface area contributed by atoms with Crippen LogP contribution in [0.15, 0.2) is 15.9 Å². The third kappa shape index (κ3) is 4.28. The molecule has 1 amide bonds. The fourth-order valence-electron chi connectivity index (χ4n) is 2.39. The summed E-state index contributed by atoms with van der Waals surface area (Å²) in [6, 6.07) is 4.55. The first kappa shape index (κ1) is 15.9. The number of nitrogens with zero attached hydrogens (tertiary/aromatic N) is 2. The minimum atomic E-state index is 0.228. The Morgan fingerprint density at radius 1 is 1.60 bits per heavy atom. The van der Waals surface area contributed by atoms with Crippen molar-refractivity contribution in [2.75, 3.05) is 32.7 Å². The number of nitrogens with one attached hydrogen (secondary N) is 1. The van der Waals surface area contributed by atoms with Gasteiger partial charge >= 0.3 is 0 Å². The molecular formula is C14H22BrN3OS. The van der Waals surface area contributed by atoms with E-state index >= 15 is 0 Å². The Hall–Kier alpha value is -0.430. The Labute approximate surface area is 133 Å². The van der Waals surface area contributed by atoms with Gasteiger partial charge in [-0.15, -0.1) is 11.3 Å². The predicted molar refractivity (Wildman–Crippen MR) is 87.0 cm³/mol. The third-order valence-corrected chi connectivity index (χ3v) is 5.30. The number of hydrogen-bond acceptors (Lipinski definition) is 4. The summed E-state index contributed by atoms with van der Waals surface area (Å²) in [5.41, 5.74) is 0. The summed E-state index contributed by atoms with van der Waals surface area (Å²) in [5.74, 6) is 0.228. The van der Waals surface area contributed by atoms with Crippen LogP contribution < -0.4 is 5.32 Å². The van der Waals surface area contributed by atoms with Gasteiger partial charge in [-0.2, -0.15) is 0 Å². The van der Waals surface area contributed by atoms with Gasteiger partial charge in [-0.25, -0.2) is 0 Å². The van der Waals surface area contributed by atoms with Crippen LogP contribution in [0.2, 0.25) is 0 Å². The van der Waals surface area contributed by atoms with Crippen LogP contribution in [0, 0.1) is 0 Å². The van der Waals surface area contributed by atoms with Gasteiger partial charge < -0.3 is 10.2 Å². The normalized spacial score (nSPS) is 20.1. The molecular weight excluding hydrogens is 338 g/mol. The molecule has 1 N–H and O–H groups in total. The average Bonchev–Trinajstić information content (AvgIpc) is 2.84. The highest BCUT2D eigenvalue weighted by molar-refractivity contribution is 9.11. The molecule has 0 saturated carbocycles. The Balaban J connectivity index is 1.91. The van der Waals surface area contributed by atoms with Gasteiger partial charge in [0.25, 0.3) is 0 Å². The predicted octanol–water partition coefficient (Wildman–Crippen LogP) is 2.15. The molecule has 0 unspecified atom stereocenters. The summed E-state index contributed by atoms with van der Waals surface area (Å²) in [6.07, 6.45) is 0. The maximum atomic E-state index is 12.5. The van der Waals surface area contributed by atoms with Crippen LogP contribution in [0.25, 0.3) is 0 Å². The Bertz CT molecular complexity index is 451. The first-order valence-electron chi connectivity index (χ1n) is 7.07. The molecule has 1 aromatic heterocycles. The van der Waals surface area contributed by atoms with Crippen molar-refractivity contribution in [1.82, 2.24) is 15.1 Å². The number of piperazine rings is 1. The lowest BCUT2D eigenvalue weighted by atomic mass is 10.2. The molecule has 4 nitrogen and oxygen atoms in total. The molecule has 0 radical (unpaired) electrons. The smallest absolute Gasteiger partial charge is 0.237 e. The molecule has 0 aliphatic carbocycles. The Kier molecular flexibility index (Phi) is 6.01. The number of halogens is 1. The van der Waals surface area contributed by atoms with Crippen LogP contribution in [0.5, 0.6) is 0 Å². The molecule has 1 aromatic rings. The van der Waals surface area contributed by atoms with Gasteiger partial charge in [-0.1, -0.05) is 0 Å². The SMILES string of the molecule is CCN(Cc1ccc(Br)s1)C(=O)CN1CCNC[C@H]1C. The summed E-state index contributed by atoms with van der Waals surface area (Å²) < 4.78 is 1.12. The van der Waals surface area contributed by atoms with Crippen LogP contribution in [0.3, 0.4) is 0 Å². The molecule has 0 aromatic carbocycles. The van der Waals surface area contributed by atoms with E-state index in [1.165, 1.54) is 4.88 Å². The standard InChI is InChI=1S/C14H22BrN3OS/c1-3-17(9-12-4-5-13(15)20-12)14(19)10-18-7-6-16-8-11(18)2/h4-5,11,16H,3,6-10H2,1-2H3/t11-/m1/s1. The highest BCUT2D eigenvalue weighted by atomic mass is 79.9. The molecule has 20 heavy (non-hydrogen) atoms. The quantitative estimate of drug-likeness (QED) is 0.874. The van der Waals surface area contributed by atoms with Crippen molar-refractivity contribution >= 4 is 33.2 Å². The number of thiophene rings is 1. The van der Waals surface area contributed by atoms with Gasteiger partial charge in [-0.05, 0) is 41.9 Å². The van der Waals surface area contributed by atoms with Crippen molar-refractivity contribution < 1.29 is 4.79 Å². The first-order chi connectivity index (χ1) is 9.60. The molecule has 0 bridgehead atoms. The first-order valence-corrected chi connectivity index (χ1v) is 8.68. The summed E-state index contributed by atoms with van der Waals surface area (Å²) >= 11 is 5.16. The van der Waals surface area contributed by atoms with Gasteiger partial charge in [0.05, 0.1) is 16.9 Å². The molecule has 1 fully saturated rings. The minimum Gasteiger partial charge on any atom is -0.337 e. The summed E-state index contributed by atoms with van der Waals surface area (Å²) in [6.45, 7) is 9.12. The van der Waals surface area contributed by atoms with Gasteiger partial charge in [0, 0.05) is 37.1 Å². The zero-order chi connectivity index (χ0) is 14.5. The van der Waals surface area contributed by atoms with Gasteiger partial charge in [0.1, 0.15) is 0 Å². The molecule has 2 heterocycles. The molecule has 6 heteroatoms. The van der Waals surface area contributed by atoms with E-state index in [9.17, 15) is 4.79 Å². The lowest BCUT2D eigenvalue weighted by Gasteiger charge is -2.34. The van der Waals surface area contributed by atoms with Crippen molar-refractivity contribution in [3.63, 3.8) is 0 Å². The Morgan fingerprint density at radius 2 is 2.40 bits per heavy atom. The number of likely N-dealkylation sites (N-methyl/N-ethyl adjacent to an activating group) is 1. The molecule has 0 spiro atoms. The topological polar surface area (TPSA) is 35.6 Å². The molecule has 1 aliphatic rings. The lowest BCUT2D eigenvalue weighted by Crippen LogP contribution is -2.53. The van der Waals surface area contributed by atoms with Crippen molar-refractivity contribution in [1.29, 1.82) is 0 Å². The zero-order valence-corrected chi connectivity index (χ0v) is 14.5. The average molecular weight is 360 g/mol. The van der Waals surface area contributed by atoms with Crippen LogP contribution in [0.1, 0.15) is 18.7 Å². The fourth-order valence-corrected chi connectivity index (χ4v) is 3.89. The second-order valence-corrected chi connectivity index (χ2v) is 7.68. The van der Waals surface area contributed by atoms with Crippen molar-refractivity contribution in [2.24, 2.45) is 0 Å². The van der Waals surface area contributed by atoms with Gasteiger partial charge in [0.2, 0.25) is 5.91 Å². The van der Waals surface area contributed by atoms with E-state index in [1.54, 1.807) is 11.3 Å². The zero-order valence-electron chi connectivity index (χ0n) is 12.1. The fraction of sp³-hybridized carbons (Fsp3) is 0.643. The lowest BCUT2D eigenvalue weighted by molar-refractivity contribution is -0.133. The number of carbonyl (C=O) groups excluding carboxylic acids is 1. The summed E-state index contributed by atoms with van der Waals surface area (Å²) in [4.78, 5) is 17.9. The molecule has 1 saturated heterocycles. The van der Waals surface area contributed by atoms with Crippen LogP contribution in [-0.2, 0) is 11.3 Å². The van der Waals surface area contributed by atoms with Crippen molar-refractivity contribution in [3.8, 4) is 0 Å². The van der Waals surface area contributed by atoms with Crippen molar-refractivity contribution in [3.05, 3.63) is 20.8 Å². The van der Waals surface area contributed by atoms with E-state index in [2.05, 4.69) is 39.1 Å². The maximum Gasteiger partial charge on any atom is 0.237 e. The monoisotopic (exact) mass is 359 g/mol. The van der Waals surface area contributed by atoms with E-state index in [0.29, 0.717) is 19.1 Å². The van der Waals surface area contributed by atoms with E-state index < -0.39 is 0 Å². The highest BCUT2D eigenvalue weighted by Gasteiger charge is 2.22. The minimum absolute atomic E-state index is 0.228. The van der Waals surface area contributed by atoms with Crippen LogP contribution >= 0.6 is 27.3 Å². The number of rotatable bonds is 5.